The molecule has 1 heterocycles. The van der Waals surface area contributed by atoms with Crippen molar-refractivity contribution in [3.8, 4) is 0 Å². The highest BCUT2D eigenvalue weighted by Gasteiger charge is 2.18. The van der Waals surface area contributed by atoms with Crippen LogP contribution in [0.1, 0.15) is 20.8 Å². The first-order chi connectivity index (χ1) is 4.72. The number of hydrogen-bond acceptors (Lipinski definition) is 1. The monoisotopic (exact) mass is 143 g/mol. The summed E-state index contributed by atoms with van der Waals surface area (Å²) < 4.78 is 2.26. The lowest BCUT2D eigenvalue weighted by Gasteiger charge is -1.98. The van der Waals surface area contributed by atoms with Crippen LogP contribution in [-0.4, -0.2) is 42.5 Å². The summed E-state index contributed by atoms with van der Waals surface area (Å²) in [5.74, 6) is 1.38. The van der Waals surface area contributed by atoms with Gasteiger partial charge in [-0.3, -0.25) is 9.48 Å². The second kappa shape index (κ2) is 4.31. The van der Waals surface area contributed by atoms with Crippen LogP contribution in [0.5, 0.6) is 0 Å². The van der Waals surface area contributed by atoms with Crippen molar-refractivity contribution in [1.29, 1.82) is 0 Å². The van der Waals surface area contributed by atoms with Gasteiger partial charge in [0.2, 0.25) is 5.84 Å². The predicted octanol–water partition coefficient (Wildman–Crippen LogP) is 1.02. The van der Waals surface area contributed by atoms with E-state index in [1.165, 1.54) is 18.9 Å². The van der Waals surface area contributed by atoms with Gasteiger partial charge in [-0.25, -0.2) is 0 Å². The Morgan fingerprint density at radius 3 is 2.00 bits per heavy atom. The van der Waals surface area contributed by atoms with Crippen LogP contribution >= 0.6 is 0 Å². The normalized spacial score (nSPS) is 17.1. The van der Waals surface area contributed by atoms with Crippen LogP contribution in [0.3, 0.4) is 0 Å². The molecule has 2 heteroatoms. The summed E-state index contributed by atoms with van der Waals surface area (Å²) in [6, 6.07) is 0. The van der Waals surface area contributed by atoms with Gasteiger partial charge in [-0.15, -0.1) is 0 Å². The molecule has 0 radical (unpaired) electrons. The standard InChI is InChI=1S/C6H13N2.C2H6/c1-6-7(2)4-5-8(6)3;1-2/h4-5H2,1-3H3;1-2H3/q+1;. The lowest BCUT2D eigenvalue weighted by atomic mass is 10.6. The molecule has 2 nitrogen and oxygen atoms in total. The number of nitrogens with zero attached hydrogens (tertiary/aromatic N) is 2. The molecule has 0 aromatic rings. The van der Waals surface area contributed by atoms with Gasteiger partial charge >= 0.3 is 0 Å². The third kappa shape index (κ3) is 2.01. The van der Waals surface area contributed by atoms with E-state index in [0.29, 0.717) is 0 Å². The Morgan fingerprint density at radius 1 is 1.40 bits per heavy atom. The molecule has 0 aromatic heterocycles. The van der Waals surface area contributed by atoms with Crippen LogP contribution in [-0.2, 0) is 0 Å². The maximum Gasteiger partial charge on any atom is 0.243 e. The molecule has 0 unspecified atom stereocenters. The number of amidine groups is 1. The van der Waals surface area contributed by atoms with E-state index < -0.39 is 0 Å². The van der Waals surface area contributed by atoms with E-state index in [4.69, 9.17) is 0 Å². The highest BCUT2D eigenvalue weighted by molar-refractivity contribution is 5.75. The zero-order valence-electron chi connectivity index (χ0n) is 7.81. The average molecular weight is 143 g/mol. The Hall–Kier alpha value is -0.530. The van der Waals surface area contributed by atoms with E-state index in [-0.39, 0.29) is 0 Å². The van der Waals surface area contributed by atoms with Crippen molar-refractivity contribution < 1.29 is 4.58 Å². The minimum absolute atomic E-state index is 1.18. The summed E-state index contributed by atoms with van der Waals surface area (Å²) in [5, 5.41) is 0. The van der Waals surface area contributed by atoms with E-state index in [9.17, 15) is 0 Å². The third-order valence-electron chi connectivity index (χ3n) is 1.88. The zero-order chi connectivity index (χ0) is 8.15. The second-order valence-corrected chi connectivity index (χ2v) is 2.39. The molecule has 60 valence electrons. The molecule has 10 heavy (non-hydrogen) atoms. The third-order valence-corrected chi connectivity index (χ3v) is 1.88. The van der Waals surface area contributed by atoms with Crippen LogP contribution in [0.15, 0.2) is 0 Å². The molecule has 0 spiro atoms. The topological polar surface area (TPSA) is 6.25 Å². The zero-order valence-corrected chi connectivity index (χ0v) is 7.81. The van der Waals surface area contributed by atoms with Gasteiger partial charge < -0.3 is 0 Å². The first kappa shape index (κ1) is 9.47. The minimum Gasteiger partial charge on any atom is -0.265 e. The first-order valence-corrected chi connectivity index (χ1v) is 3.97. The predicted molar refractivity (Wildman–Crippen MR) is 45.7 cm³/mol. The smallest absolute Gasteiger partial charge is 0.243 e. The molecular weight excluding hydrogens is 124 g/mol. The van der Waals surface area contributed by atoms with Crippen molar-refractivity contribution in [3.05, 3.63) is 0 Å². The van der Waals surface area contributed by atoms with Crippen LogP contribution < -0.4 is 0 Å². The quantitative estimate of drug-likeness (QED) is 0.459. The average Bonchev–Trinajstić information content (AvgIpc) is 2.25. The molecule has 0 saturated heterocycles. The van der Waals surface area contributed by atoms with Crippen LogP contribution in [0.25, 0.3) is 0 Å². The van der Waals surface area contributed by atoms with Crippen LogP contribution in [0.4, 0.5) is 0 Å². The SMILES string of the molecule is CC.CC1=[N+](C)CCN1C. The number of rotatable bonds is 0. The van der Waals surface area contributed by atoms with Gasteiger partial charge in [0.1, 0.15) is 13.1 Å². The van der Waals surface area contributed by atoms with Gasteiger partial charge in [0.15, 0.2) is 0 Å². The fourth-order valence-electron chi connectivity index (χ4n) is 0.915. The Balaban J connectivity index is 0.000000371. The summed E-state index contributed by atoms with van der Waals surface area (Å²) in [5.41, 5.74) is 0. The highest BCUT2D eigenvalue weighted by Crippen LogP contribution is 1.93. The highest BCUT2D eigenvalue weighted by atomic mass is 15.3. The van der Waals surface area contributed by atoms with Gasteiger partial charge in [0, 0.05) is 6.92 Å². The van der Waals surface area contributed by atoms with Gasteiger partial charge in [0.25, 0.3) is 0 Å². The Morgan fingerprint density at radius 2 is 1.90 bits per heavy atom. The van der Waals surface area contributed by atoms with E-state index >= 15 is 0 Å². The van der Waals surface area contributed by atoms with Crippen molar-refractivity contribution >= 4 is 5.84 Å². The summed E-state index contributed by atoms with van der Waals surface area (Å²) in [6.07, 6.45) is 0. The van der Waals surface area contributed by atoms with Gasteiger partial charge in [-0.1, -0.05) is 13.8 Å². The summed E-state index contributed by atoms with van der Waals surface area (Å²) in [4.78, 5) is 2.26. The lowest BCUT2D eigenvalue weighted by molar-refractivity contribution is -0.487. The largest absolute Gasteiger partial charge is 0.265 e. The Labute approximate surface area is 64.2 Å². The Bertz CT molecular complexity index is 127. The van der Waals surface area contributed by atoms with Gasteiger partial charge in [-0.2, -0.15) is 0 Å². The molecular formula is C8H19N2+. The van der Waals surface area contributed by atoms with Crippen molar-refractivity contribution in [1.82, 2.24) is 4.90 Å². The fraction of sp³-hybridized carbons (Fsp3) is 0.875. The molecule has 1 aliphatic heterocycles. The van der Waals surface area contributed by atoms with E-state index in [1.807, 2.05) is 13.8 Å². The minimum atomic E-state index is 1.18. The van der Waals surface area contributed by atoms with Crippen molar-refractivity contribution in [2.75, 3.05) is 27.2 Å². The summed E-state index contributed by atoms with van der Waals surface area (Å²) >= 11 is 0. The summed E-state index contributed by atoms with van der Waals surface area (Å²) in [6.45, 7) is 8.51. The van der Waals surface area contributed by atoms with Crippen molar-refractivity contribution in [3.63, 3.8) is 0 Å². The van der Waals surface area contributed by atoms with Crippen molar-refractivity contribution in [2.45, 2.75) is 20.8 Å². The van der Waals surface area contributed by atoms with Gasteiger partial charge in [-0.05, 0) is 0 Å². The number of hydrogen-bond donors (Lipinski definition) is 0. The molecule has 0 fully saturated rings. The van der Waals surface area contributed by atoms with Gasteiger partial charge in [0.05, 0.1) is 14.1 Å². The first-order valence-electron chi connectivity index (χ1n) is 3.97. The lowest BCUT2D eigenvalue weighted by Crippen LogP contribution is -2.20. The molecule has 0 aromatic carbocycles. The van der Waals surface area contributed by atoms with E-state index in [2.05, 4.69) is 30.5 Å². The van der Waals surface area contributed by atoms with Crippen LogP contribution in [0, 0.1) is 0 Å². The fourth-order valence-corrected chi connectivity index (χ4v) is 0.915. The molecule has 0 atom stereocenters. The maximum absolute atomic E-state index is 2.26. The van der Waals surface area contributed by atoms with E-state index in [1.54, 1.807) is 0 Å². The molecule has 0 bridgehead atoms. The molecule has 0 aliphatic carbocycles. The van der Waals surface area contributed by atoms with E-state index in [0.717, 1.165) is 0 Å². The molecule has 1 rings (SSSR count). The number of likely N-dealkylation sites (N-methyl/N-ethyl adjacent to an activating group) is 2. The second-order valence-electron chi connectivity index (χ2n) is 2.39. The molecule has 0 amide bonds. The van der Waals surface area contributed by atoms with Crippen LogP contribution in [0.2, 0.25) is 0 Å². The molecule has 1 aliphatic rings. The molecule has 0 saturated carbocycles. The Kier molecular flexibility index (Phi) is 4.08. The molecule has 0 N–H and O–H groups in total. The maximum atomic E-state index is 2.26. The summed E-state index contributed by atoms with van der Waals surface area (Å²) in [7, 11) is 4.25. The van der Waals surface area contributed by atoms with Crippen molar-refractivity contribution in [2.24, 2.45) is 0 Å².